The lowest BCUT2D eigenvalue weighted by molar-refractivity contribution is 0.501. The summed E-state index contributed by atoms with van der Waals surface area (Å²) in [7, 11) is 0. The van der Waals surface area contributed by atoms with E-state index in [9.17, 15) is 17.6 Å². The zero-order chi connectivity index (χ0) is 17.4. The molecule has 1 nitrogen and oxygen atoms in total. The molecule has 3 rings (SSSR count). The largest absolute Gasteiger partial charge is 0.456 e. The molecule has 0 aliphatic carbocycles. The molecule has 0 fully saturated rings. The van der Waals surface area contributed by atoms with Crippen molar-refractivity contribution in [2.24, 2.45) is 0 Å². The normalized spacial score (nSPS) is 11.8. The molecule has 0 spiro atoms. The van der Waals surface area contributed by atoms with Crippen LogP contribution in [0.2, 0.25) is 0 Å². The minimum Gasteiger partial charge on any atom is -0.456 e. The quantitative estimate of drug-likeness (QED) is 0.488. The highest BCUT2D eigenvalue weighted by molar-refractivity contribution is 6.06. The van der Waals surface area contributed by atoms with E-state index < -0.39 is 23.3 Å². The summed E-state index contributed by atoms with van der Waals surface area (Å²) >= 11 is 0. The molecule has 1 heterocycles. The molecule has 0 amide bonds. The summed E-state index contributed by atoms with van der Waals surface area (Å²) in [6, 6.07) is 2.76. The lowest BCUT2D eigenvalue weighted by Crippen LogP contribution is -1.97. The number of rotatable bonds is 5. The number of benzene rings is 2. The van der Waals surface area contributed by atoms with Crippen LogP contribution in [0.4, 0.5) is 17.6 Å². The highest BCUT2D eigenvalue weighted by Crippen LogP contribution is 2.37. The average molecular weight is 338 g/mol. The molecule has 0 N–H and O–H groups in total. The lowest BCUT2D eigenvalue weighted by Gasteiger charge is -2.05. The van der Waals surface area contributed by atoms with Crippen molar-refractivity contribution in [2.45, 2.75) is 46.0 Å². The number of furan rings is 1. The van der Waals surface area contributed by atoms with Crippen molar-refractivity contribution < 1.29 is 22.0 Å². The van der Waals surface area contributed by atoms with Crippen molar-refractivity contribution in [2.75, 3.05) is 0 Å². The monoisotopic (exact) mass is 338 g/mol. The zero-order valence-electron chi connectivity index (χ0n) is 13.6. The molecule has 0 radical (unpaired) electrons. The van der Waals surface area contributed by atoms with Crippen LogP contribution >= 0.6 is 0 Å². The molecule has 128 valence electrons. The van der Waals surface area contributed by atoms with Gasteiger partial charge in [-0.25, -0.2) is 17.6 Å². The Kier molecular flexibility index (Phi) is 4.52. The topological polar surface area (TPSA) is 13.1 Å². The van der Waals surface area contributed by atoms with E-state index in [0.29, 0.717) is 25.7 Å². The van der Waals surface area contributed by atoms with Gasteiger partial charge in [-0.1, -0.05) is 26.7 Å². The van der Waals surface area contributed by atoms with Gasteiger partial charge in [-0.3, -0.25) is 0 Å². The van der Waals surface area contributed by atoms with E-state index in [2.05, 4.69) is 0 Å². The first-order chi connectivity index (χ1) is 11.5. The molecule has 2 aromatic carbocycles. The maximum absolute atomic E-state index is 14.5. The zero-order valence-corrected chi connectivity index (χ0v) is 13.6. The fourth-order valence-electron chi connectivity index (χ4n) is 3.05. The van der Waals surface area contributed by atoms with Gasteiger partial charge >= 0.3 is 0 Å². The minimum atomic E-state index is -1.19. The summed E-state index contributed by atoms with van der Waals surface area (Å²) in [5, 5.41) is -0.664. The van der Waals surface area contributed by atoms with Crippen LogP contribution in [-0.2, 0) is 12.8 Å². The number of hydrogen-bond acceptors (Lipinski definition) is 1. The van der Waals surface area contributed by atoms with Crippen LogP contribution in [-0.4, -0.2) is 0 Å². The number of hydrogen-bond donors (Lipinski definition) is 0. The van der Waals surface area contributed by atoms with E-state index in [4.69, 9.17) is 4.42 Å². The van der Waals surface area contributed by atoms with Crippen molar-refractivity contribution in [3.8, 4) is 0 Å². The van der Waals surface area contributed by atoms with E-state index in [1.165, 1.54) is 12.1 Å². The molecular formula is C19H18F4O. The second-order valence-corrected chi connectivity index (χ2v) is 6.03. The number of fused-ring (bicyclic) bond motifs is 3. The Morgan fingerprint density at radius 3 is 1.67 bits per heavy atom. The Morgan fingerprint density at radius 2 is 1.21 bits per heavy atom. The summed E-state index contributed by atoms with van der Waals surface area (Å²) in [6.07, 6.45) is 2.87. The fourth-order valence-corrected chi connectivity index (χ4v) is 3.05. The maximum atomic E-state index is 14.5. The molecule has 0 saturated heterocycles. The molecule has 0 aliphatic rings. The highest BCUT2D eigenvalue weighted by atomic mass is 19.2. The number of halogens is 4. The van der Waals surface area contributed by atoms with Crippen molar-refractivity contribution >= 4 is 21.9 Å². The van der Waals surface area contributed by atoms with Gasteiger partial charge in [0, 0.05) is 0 Å². The third-order valence-corrected chi connectivity index (χ3v) is 4.28. The summed E-state index contributed by atoms with van der Waals surface area (Å²) in [4.78, 5) is 0. The fraction of sp³-hybridized carbons (Fsp3) is 0.368. The Balaban J connectivity index is 2.32. The van der Waals surface area contributed by atoms with E-state index >= 15 is 0 Å². The molecule has 0 atom stereocenters. The van der Waals surface area contributed by atoms with Gasteiger partial charge in [-0.05, 0) is 42.5 Å². The van der Waals surface area contributed by atoms with Gasteiger partial charge in [0.05, 0.1) is 10.8 Å². The van der Waals surface area contributed by atoms with Gasteiger partial charge in [0.2, 0.25) is 0 Å². The molecular weight excluding hydrogens is 320 g/mol. The van der Waals surface area contributed by atoms with Gasteiger partial charge in [-0.2, -0.15) is 0 Å². The molecule has 1 aromatic heterocycles. The molecule has 24 heavy (non-hydrogen) atoms. The first-order valence-corrected chi connectivity index (χ1v) is 8.19. The number of unbranched alkanes of at least 4 members (excludes halogenated alkanes) is 1. The van der Waals surface area contributed by atoms with Crippen LogP contribution in [0.1, 0.15) is 44.2 Å². The third kappa shape index (κ3) is 2.56. The van der Waals surface area contributed by atoms with Crippen molar-refractivity contribution in [1.82, 2.24) is 0 Å². The van der Waals surface area contributed by atoms with E-state index in [0.717, 1.165) is 6.42 Å². The van der Waals surface area contributed by atoms with Crippen LogP contribution < -0.4 is 0 Å². The van der Waals surface area contributed by atoms with E-state index in [1.807, 2.05) is 13.8 Å². The van der Waals surface area contributed by atoms with Gasteiger partial charge in [0.1, 0.15) is 11.2 Å². The third-order valence-electron chi connectivity index (χ3n) is 4.28. The first-order valence-electron chi connectivity index (χ1n) is 8.19. The standard InChI is InChI=1S/C19H18F4O/c1-3-5-7-11-9-13-15(19(23)17(11)21)14-12(24-13)8-10(6-4-2)16(20)18(14)22/h8-9H,3-7H2,1-2H3. The van der Waals surface area contributed by atoms with Crippen molar-refractivity contribution in [3.63, 3.8) is 0 Å². The van der Waals surface area contributed by atoms with Crippen LogP contribution in [0.3, 0.4) is 0 Å². The van der Waals surface area contributed by atoms with Gasteiger partial charge in [0.15, 0.2) is 23.3 Å². The molecule has 5 heteroatoms. The van der Waals surface area contributed by atoms with Crippen LogP contribution in [0.5, 0.6) is 0 Å². The Bertz CT molecular complexity index is 911. The molecule has 0 saturated carbocycles. The second kappa shape index (κ2) is 6.46. The summed E-state index contributed by atoms with van der Waals surface area (Å²) in [6.45, 7) is 3.79. The Labute approximate surface area is 137 Å². The molecule has 0 bridgehead atoms. The minimum absolute atomic E-state index is 0.0401. The van der Waals surface area contributed by atoms with Gasteiger partial charge < -0.3 is 4.42 Å². The summed E-state index contributed by atoms with van der Waals surface area (Å²) in [5.74, 6) is -4.41. The predicted molar refractivity (Wildman–Crippen MR) is 86.2 cm³/mol. The number of aryl methyl sites for hydroxylation is 2. The van der Waals surface area contributed by atoms with Crippen molar-refractivity contribution in [1.29, 1.82) is 0 Å². The first kappa shape index (κ1) is 16.8. The Morgan fingerprint density at radius 1 is 0.708 bits per heavy atom. The van der Waals surface area contributed by atoms with E-state index in [-0.39, 0.29) is 33.1 Å². The van der Waals surface area contributed by atoms with Crippen LogP contribution in [0.25, 0.3) is 21.9 Å². The summed E-state index contributed by atoms with van der Waals surface area (Å²) < 4.78 is 62.9. The molecule has 0 unspecified atom stereocenters. The molecule has 0 aliphatic heterocycles. The predicted octanol–water partition coefficient (Wildman–Crippen LogP) is 6.44. The molecule has 3 aromatic rings. The van der Waals surface area contributed by atoms with E-state index in [1.54, 1.807) is 0 Å². The summed E-state index contributed by atoms with van der Waals surface area (Å²) in [5.41, 5.74) is 0.449. The Hall–Kier alpha value is -2.04. The van der Waals surface area contributed by atoms with Gasteiger partial charge in [0.25, 0.3) is 0 Å². The smallest absolute Gasteiger partial charge is 0.170 e. The average Bonchev–Trinajstić information content (AvgIpc) is 2.93. The van der Waals surface area contributed by atoms with Crippen LogP contribution in [0.15, 0.2) is 16.5 Å². The second-order valence-electron chi connectivity index (χ2n) is 6.03. The highest BCUT2D eigenvalue weighted by Gasteiger charge is 2.24. The maximum Gasteiger partial charge on any atom is 0.170 e. The van der Waals surface area contributed by atoms with Crippen molar-refractivity contribution in [3.05, 3.63) is 46.5 Å². The van der Waals surface area contributed by atoms with Gasteiger partial charge in [-0.15, -0.1) is 0 Å². The SMILES string of the molecule is CCCCc1cc2oc3cc(CCC)c(F)c(F)c3c2c(F)c1F. The lowest BCUT2D eigenvalue weighted by atomic mass is 10.0. The van der Waals surface area contributed by atoms with Crippen LogP contribution in [0, 0.1) is 23.3 Å².